The molecule has 2 aromatic rings. The van der Waals surface area contributed by atoms with E-state index >= 15 is 0 Å². The maximum atomic E-state index is 6.19. The summed E-state index contributed by atoms with van der Waals surface area (Å²) in [6.45, 7) is 3.11. The molecule has 0 radical (unpaired) electrons. The summed E-state index contributed by atoms with van der Waals surface area (Å²) in [4.78, 5) is 0. The van der Waals surface area contributed by atoms with Crippen LogP contribution in [0.25, 0.3) is 0 Å². The van der Waals surface area contributed by atoms with Gasteiger partial charge in [0, 0.05) is 22.5 Å². The molecule has 0 fully saturated rings. The summed E-state index contributed by atoms with van der Waals surface area (Å²) in [6.07, 6.45) is 1.06. The predicted octanol–water partition coefficient (Wildman–Crippen LogP) is 4.62. The Labute approximate surface area is 128 Å². The van der Waals surface area contributed by atoms with E-state index in [0.29, 0.717) is 6.04 Å². The molecule has 0 bridgehead atoms. The van der Waals surface area contributed by atoms with Gasteiger partial charge in [-0.3, -0.25) is 0 Å². The predicted molar refractivity (Wildman–Crippen MR) is 85.0 cm³/mol. The fourth-order valence-electron chi connectivity index (χ4n) is 2.77. The van der Waals surface area contributed by atoms with E-state index in [1.165, 1.54) is 11.1 Å². The lowest BCUT2D eigenvalue weighted by Gasteiger charge is -2.33. The summed E-state index contributed by atoms with van der Waals surface area (Å²) < 4.78 is 7.28. The maximum absolute atomic E-state index is 6.19. The van der Waals surface area contributed by atoms with Gasteiger partial charge >= 0.3 is 0 Å². The van der Waals surface area contributed by atoms with Crippen molar-refractivity contribution in [1.82, 2.24) is 5.32 Å². The van der Waals surface area contributed by atoms with Gasteiger partial charge in [-0.05, 0) is 30.3 Å². The number of rotatable bonds is 3. The minimum atomic E-state index is 0.103. The summed E-state index contributed by atoms with van der Waals surface area (Å²) in [7, 11) is 0. The van der Waals surface area contributed by atoms with E-state index in [0.717, 1.165) is 23.2 Å². The number of fused-ring (bicyclic) bond motifs is 1. The summed E-state index contributed by atoms with van der Waals surface area (Å²) in [6, 6.07) is 17.1. The molecule has 1 aliphatic rings. The van der Waals surface area contributed by atoms with E-state index in [1.807, 2.05) is 12.1 Å². The molecule has 2 aromatic carbocycles. The molecule has 1 aliphatic heterocycles. The van der Waals surface area contributed by atoms with Crippen LogP contribution in [0, 0.1) is 0 Å². The number of para-hydroxylation sites is 1. The van der Waals surface area contributed by atoms with Gasteiger partial charge in [-0.25, -0.2) is 0 Å². The lowest BCUT2D eigenvalue weighted by Crippen LogP contribution is -2.28. The maximum Gasteiger partial charge on any atom is 0.126 e. The molecule has 0 amide bonds. The van der Waals surface area contributed by atoms with Gasteiger partial charge in [0.15, 0.2) is 0 Å². The van der Waals surface area contributed by atoms with Crippen molar-refractivity contribution < 1.29 is 4.74 Å². The minimum Gasteiger partial charge on any atom is -0.485 e. The lowest BCUT2D eigenvalue weighted by molar-refractivity contribution is 0.152. The molecule has 0 saturated carbocycles. The molecule has 0 aliphatic carbocycles. The number of ether oxygens (including phenoxy) is 1. The highest BCUT2D eigenvalue weighted by atomic mass is 79.9. The molecule has 2 nitrogen and oxygen atoms in total. The van der Waals surface area contributed by atoms with Crippen LogP contribution in [0.1, 0.15) is 36.6 Å². The van der Waals surface area contributed by atoms with Crippen LogP contribution in [0.5, 0.6) is 5.75 Å². The molecule has 3 heteroatoms. The number of hydrogen-bond donors (Lipinski definition) is 1. The van der Waals surface area contributed by atoms with E-state index in [9.17, 15) is 0 Å². The Morgan fingerprint density at radius 3 is 2.85 bits per heavy atom. The first-order chi connectivity index (χ1) is 9.78. The molecular weight excluding hydrogens is 314 g/mol. The number of nitrogens with one attached hydrogen (secondary N) is 1. The summed E-state index contributed by atoms with van der Waals surface area (Å²) in [5.74, 6) is 0.995. The topological polar surface area (TPSA) is 21.3 Å². The SMILES string of the molecule is CCNC1CC(c2cccc(Br)c2)Oc2ccccc21. The number of benzene rings is 2. The Hall–Kier alpha value is -1.32. The second-order valence-electron chi connectivity index (χ2n) is 5.05. The molecule has 2 atom stereocenters. The smallest absolute Gasteiger partial charge is 0.126 e. The molecule has 1 heterocycles. The molecule has 0 aromatic heterocycles. The summed E-state index contributed by atoms with van der Waals surface area (Å²) >= 11 is 3.54. The van der Waals surface area contributed by atoms with E-state index in [-0.39, 0.29) is 6.10 Å². The average Bonchev–Trinajstić information content (AvgIpc) is 2.47. The molecule has 2 unspecified atom stereocenters. The van der Waals surface area contributed by atoms with E-state index in [1.54, 1.807) is 0 Å². The highest BCUT2D eigenvalue weighted by molar-refractivity contribution is 9.10. The van der Waals surface area contributed by atoms with Gasteiger partial charge in [0.1, 0.15) is 11.9 Å². The van der Waals surface area contributed by atoms with E-state index in [4.69, 9.17) is 4.74 Å². The van der Waals surface area contributed by atoms with E-state index < -0.39 is 0 Å². The second kappa shape index (κ2) is 5.98. The first kappa shape index (κ1) is 13.7. The van der Waals surface area contributed by atoms with Crippen LogP contribution in [0.2, 0.25) is 0 Å². The highest BCUT2D eigenvalue weighted by Crippen LogP contribution is 2.40. The van der Waals surface area contributed by atoms with Crippen LogP contribution in [0.3, 0.4) is 0 Å². The third kappa shape index (κ3) is 2.74. The molecule has 3 rings (SSSR count). The summed E-state index contributed by atoms with van der Waals surface area (Å²) in [5, 5.41) is 3.56. The van der Waals surface area contributed by atoms with Crippen LogP contribution in [-0.2, 0) is 0 Å². The van der Waals surface area contributed by atoms with E-state index in [2.05, 4.69) is 64.6 Å². The van der Waals surface area contributed by atoms with Crippen LogP contribution < -0.4 is 10.1 Å². The van der Waals surface area contributed by atoms with Crippen molar-refractivity contribution in [2.24, 2.45) is 0 Å². The molecule has 1 N–H and O–H groups in total. The normalized spacial score (nSPS) is 21.1. The van der Waals surface area contributed by atoms with Gasteiger partial charge in [0.25, 0.3) is 0 Å². The minimum absolute atomic E-state index is 0.103. The van der Waals surface area contributed by atoms with Gasteiger partial charge in [-0.15, -0.1) is 0 Å². The quantitative estimate of drug-likeness (QED) is 0.885. The highest BCUT2D eigenvalue weighted by Gasteiger charge is 2.28. The van der Waals surface area contributed by atoms with Gasteiger partial charge in [-0.1, -0.05) is 53.2 Å². The van der Waals surface area contributed by atoms with Gasteiger partial charge in [0.05, 0.1) is 0 Å². The fourth-order valence-corrected chi connectivity index (χ4v) is 3.19. The standard InChI is InChI=1S/C17H18BrNO/c1-2-19-15-11-17(12-6-5-7-13(18)10-12)20-16-9-4-3-8-14(15)16/h3-10,15,17,19H,2,11H2,1H3. The largest absolute Gasteiger partial charge is 0.485 e. The zero-order valence-corrected chi connectivity index (χ0v) is 13.1. The Balaban J connectivity index is 1.93. The van der Waals surface area contributed by atoms with Gasteiger partial charge in [-0.2, -0.15) is 0 Å². The van der Waals surface area contributed by atoms with Crippen molar-refractivity contribution in [1.29, 1.82) is 0 Å². The number of hydrogen-bond acceptors (Lipinski definition) is 2. The zero-order chi connectivity index (χ0) is 13.9. The van der Waals surface area contributed by atoms with Crippen molar-refractivity contribution in [2.45, 2.75) is 25.5 Å². The fraction of sp³-hybridized carbons (Fsp3) is 0.294. The van der Waals surface area contributed by atoms with Crippen molar-refractivity contribution in [3.63, 3.8) is 0 Å². The third-order valence-corrected chi connectivity index (χ3v) is 4.18. The zero-order valence-electron chi connectivity index (χ0n) is 11.5. The lowest BCUT2D eigenvalue weighted by atomic mass is 9.93. The summed E-state index contributed by atoms with van der Waals surface area (Å²) in [5.41, 5.74) is 2.48. The Kier molecular flexibility index (Phi) is 4.08. The van der Waals surface area contributed by atoms with Crippen molar-refractivity contribution in [2.75, 3.05) is 6.54 Å². The first-order valence-electron chi connectivity index (χ1n) is 7.02. The van der Waals surface area contributed by atoms with Crippen LogP contribution in [0.15, 0.2) is 53.0 Å². The van der Waals surface area contributed by atoms with Crippen molar-refractivity contribution >= 4 is 15.9 Å². The molecule has 0 spiro atoms. The monoisotopic (exact) mass is 331 g/mol. The number of halogens is 1. The average molecular weight is 332 g/mol. The van der Waals surface area contributed by atoms with Crippen LogP contribution in [-0.4, -0.2) is 6.54 Å². The second-order valence-corrected chi connectivity index (χ2v) is 5.96. The molecule has 104 valence electrons. The molecule has 0 saturated heterocycles. The Bertz CT molecular complexity index is 599. The third-order valence-electron chi connectivity index (χ3n) is 3.68. The van der Waals surface area contributed by atoms with Gasteiger partial charge < -0.3 is 10.1 Å². The van der Waals surface area contributed by atoms with Crippen molar-refractivity contribution in [3.8, 4) is 5.75 Å². The molecule has 20 heavy (non-hydrogen) atoms. The Morgan fingerprint density at radius 2 is 2.05 bits per heavy atom. The van der Waals surface area contributed by atoms with Crippen molar-refractivity contribution in [3.05, 3.63) is 64.1 Å². The van der Waals surface area contributed by atoms with Gasteiger partial charge in [0.2, 0.25) is 0 Å². The first-order valence-corrected chi connectivity index (χ1v) is 7.81. The van der Waals surface area contributed by atoms with Crippen LogP contribution >= 0.6 is 15.9 Å². The van der Waals surface area contributed by atoms with Crippen LogP contribution in [0.4, 0.5) is 0 Å². The molecular formula is C17H18BrNO. The Morgan fingerprint density at radius 1 is 1.20 bits per heavy atom.